The zero-order valence-corrected chi connectivity index (χ0v) is 20.6. The maximum atomic E-state index is 13.4. The number of carbonyl (C=O) groups is 2. The predicted octanol–water partition coefficient (Wildman–Crippen LogP) is 4.83. The number of nitrogens with two attached hydrogens (primary N) is 1. The first-order chi connectivity index (χ1) is 19.7. The molecule has 4 rings (SSSR count). The van der Waals surface area contributed by atoms with E-state index in [1.807, 2.05) is 0 Å². The molecule has 2 heterocycles. The van der Waals surface area contributed by atoms with Gasteiger partial charge in [0, 0.05) is 0 Å². The van der Waals surface area contributed by atoms with Gasteiger partial charge in [-0.25, -0.2) is 19.3 Å². The van der Waals surface area contributed by atoms with Crippen molar-refractivity contribution in [3.8, 4) is 17.1 Å². The second-order valence-electron chi connectivity index (χ2n) is 8.29. The number of nitrogens with zero attached hydrogens (tertiary/aromatic N) is 6. The van der Waals surface area contributed by atoms with Gasteiger partial charge in [0.05, 0.1) is 57.4 Å². The molecule has 2 aromatic heterocycles. The summed E-state index contributed by atoms with van der Waals surface area (Å²) in [4.78, 5) is 30.5. The van der Waals surface area contributed by atoms with E-state index in [-0.39, 0.29) is 34.2 Å². The third-order valence-corrected chi connectivity index (χ3v) is 5.58. The number of hydrogen-bond acceptors (Lipinski definition) is 8. The van der Waals surface area contributed by atoms with Gasteiger partial charge in [0.15, 0.2) is 0 Å². The molecule has 2 aromatic carbocycles. The maximum absolute atomic E-state index is 13.4. The SMILES string of the molecule is NN=C(C=Nc1ccc(C(=O)O)c(C(F)(F)F)c1)c1cccc(-c2cn(-c3ccc(C(=O)O)c(C(F)(F)F)c3)nn2)n1. The van der Waals surface area contributed by atoms with Crippen LogP contribution in [-0.4, -0.2) is 54.1 Å². The first kappa shape index (κ1) is 29.4. The molecular weight excluding hydrogens is 576 g/mol. The largest absolute Gasteiger partial charge is 0.478 e. The van der Waals surface area contributed by atoms with E-state index in [1.54, 1.807) is 0 Å². The van der Waals surface area contributed by atoms with Gasteiger partial charge in [0.25, 0.3) is 0 Å². The van der Waals surface area contributed by atoms with E-state index in [0.717, 1.165) is 35.2 Å². The number of benzene rings is 2. The topological polar surface area (TPSA) is 169 Å². The number of rotatable bonds is 7. The number of alkyl halides is 6. The maximum Gasteiger partial charge on any atom is 0.417 e. The normalized spacial score (nSPS) is 12.6. The highest BCUT2D eigenvalue weighted by Crippen LogP contribution is 2.35. The molecule has 216 valence electrons. The van der Waals surface area contributed by atoms with Gasteiger partial charge in [-0.1, -0.05) is 11.3 Å². The molecule has 0 radical (unpaired) electrons. The van der Waals surface area contributed by atoms with Gasteiger partial charge >= 0.3 is 24.3 Å². The minimum Gasteiger partial charge on any atom is -0.478 e. The lowest BCUT2D eigenvalue weighted by atomic mass is 10.1. The van der Waals surface area contributed by atoms with Gasteiger partial charge in [-0.3, -0.25) is 4.99 Å². The Labute approximate surface area is 230 Å². The molecule has 0 spiro atoms. The van der Waals surface area contributed by atoms with Crippen LogP contribution >= 0.6 is 0 Å². The zero-order valence-electron chi connectivity index (χ0n) is 20.6. The van der Waals surface area contributed by atoms with Gasteiger partial charge in [0.2, 0.25) is 0 Å². The first-order valence-corrected chi connectivity index (χ1v) is 11.3. The average Bonchev–Trinajstić information content (AvgIpc) is 3.42. The monoisotopic (exact) mass is 591 g/mol. The Morgan fingerprint density at radius 3 is 2.07 bits per heavy atom. The van der Waals surface area contributed by atoms with Crippen LogP contribution in [0.15, 0.2) is 70.9 Å². The zero-order chi connectivity index (χ0) is 30.8. The van der Waals surface area contributed by atoms with Gasteiger partial charge in [-0.05, 0) is 48.5 Å². The second-order valence-corrected chi connectivity index (χ2v) is 8.29. The summed E-state index contributed by atoms with van der Waals surface area (Å²) in [6.07, 6.45) is -7.67. The molecule has 0 aliphatic heterocycles. The minimum absolute atomic E-state index is 0.0802. The number of aliphatic imine (C=N–C) groups is 1. The molecule has 0 bridgehead atoms. The van der Waals surface area contributed by atoms with E-state index in [4.69, 9.17) is 16.1 Å². The molecular formula is C25H15F6N7O4. The van der Waals surface area contributed by atoms with Crippen molar-refractivity contribution in [2.45, 2.75) is 12.4 Å². The fourth-order valence-corrected chi connectivity index (χ4v) is 3.66. The lowest BCUT2D eigenvalue weighted by molar-refractivity contribution is -0.138. The van der Waals surface area contributed by atoms with E-state index in [0.29, 0.717) is 12.1 Å². The van der Waals surface area contributed by atoms with Gasteiger partial charge in [-0.2, -0.15) is 31.4 Å². The molecule has 4 aromatic rings. The standard InChI is InChI=1S/C25H15F6N7O4/c26-24(27,28)16-8-12(4-6-14(16)22(39)40)33-10-20(35-32)18-2-1-3-19(34-18)21-11-38(37-36-21)13-5-7-15(23(41)42)17(9-13)25(29,30)31/h1-11H,32H2,(H,39,40)(H,41,42). The number of carboxylic acids is 2. The number of pyridine rings is 1. The number of hydrogen-bond donors (Lipinski definition) is 3. The van der Waals surface area contributed by atoms with Crippen LogP contribution in [0.5, 0.6) is 0 Å². The van der Waals surface area contributed by atoms with Crippen molar-refractivity contribution in [1.82, 2.24) is 20.0 Å². The van der Waals surface area contributed by atoms with Crippen LogP contribution in [0.3, 0.4) is 0 Å². The molecule has 0 saturated heterocycles. The van der Waals surface area contributed by atoms with Crippen molar-refractivity contribution >= 4 is 29.6 Å². The fraction of sp³-hybridized carbons (Fsp3) is 0.0800. The highest BCUT2D eigenvalue weighted by Gasteiger charge is 2.36. The molecule has 42 heavy (non-hydrogen) atoms. The highest BCUT2D eigenvalue weighted by molar-refractivity contribution is 6.38. The summed E-state index contributed by atoms with van der Waals surface area (Å²) >= 11 is 0. The van der Waals surface area contributed by atoms with Crippen LogP contribution in [-0.2, 0) is 12.4 Å². The van der Waals surface area contributed by atoms with Crippen molar-refractivity contribution in [3.63, 3.8) is 0 Å². The van der Waals surface area contributed by atoms with Crippen LogP contribution < -0.4 is 5.84 Å². The van der Waals surface area contributed by atoms with Crippen molar-refractivity contribution < 1.29 is 46.1 Å². The highest BCUT2D eigenvalue weighted by atomic mass is 19.4. The van der Waals surface area contributed by atoms with Gasteiger partial charge in [-0.15, -0.1) is 5.10 Å². The molecule has 0 aliphatic rings. The second kappa shape index (κ2) is 11.1. The predicted molar refractivity (Wildman–Crippen MR) is 134 cm³/mol. The van der Waals surface area contributed by atoms with Crippen LogP contribution in [0.1, 0.15) is 37.5 Å². The Balaban J connectivity index is 1.63. The average molecular weight is 591 g/mol. The molecule has 0 fully saturated rings. The fourth-order valence-electron chi connectivity index (χ4n) is 3.66. The number of hydrazone groups is 1. The summed E-state index contributed by atoms with van der Waals surface area (Å²) in [6.45, 7) is 0. The smallest absolute Gasteiger partial charge is 0.417 e. The summed E-state index contributed by atoms with van der Waals surface area (Å²) in [7, 11) is 0. The van der Waals surface area contributed by atoms with Crippen molar-refractivity contribution in [1.29, 1.82) is 0 Å². The van der Waals surface area contributed by atoms with Crippen LogP contribution in [0.2, 0.25) is 0 Å². The molecule has 0 amide bonds. The third-order valence-electron chi connectivity index (χ3n) is 5.58. The Kier molecular flexibility index (Phi) is 7.77. The van der Waals surface area contributed by atoms with Crippen molar-refractivity contribution in [2.75, 3.05) is 0 Å². The first-order valence-electron chi connectivity index (χ1n) is 11.3. The minimum atomic E-state index is -4.95. The van der Waals surface area contributed by atoms with E-state index < -0.39 is 46.5 Å². The third kappa shape index (κ3) is 6.24. The number of halogens is 6. The summed E-state index contributed by atoms with van der Waals surface area (Å²) in [5.74, 6) is 1.89. The summed E-state index contributed by atoms with van der Waals surface area (Å²) in [5.41, 5.74) is -4.85. The van der Waals surface area contributed by atoms with Gasteiger partial charge < -0.3 is 16.1 Å². The Bertz CT molecular complexity index is 1750. The van der Waals surface area contributed by atoms with E-state index >= 15 is 0 Å². The molecule has 11 nitrogen and oxygen atoms in total. The number of carboxylic acid groups (broad SMARTS) is 2. The Morgan fingerprint density at radius 1 is 0.857 bits per heavy atom. The molecule has 0 saturated carbocycles. The van der Waals surface area contributed by atoms with Gasteiger partial charge in [0.1, 0.15) is 11.4 Å². The molecule has 4 N–H and O–H groups in total. The quantitative estimate of drug-likeness (QED) is 0.119. The van der Waals surface area contributed by atoms with Crippen LogP contribution in [0.25, 0.3) is 17.1 Å². The number of aromatic carboxylic acids is 2. The molecule has 0 unspecified atom stereocenters. The van der Waals surface area contributed by atoms with E-state index in [9.17, 15) is 35.9 Å². The summed E-state index contributed by atoms with van der Waals surface area (Å²) < 4.78 is 81.1. The number of aromatic nitrogens is 4. The lowest BCUT2D eigenvalue weighted by Gasteiger charge is -2.11. The summed E-state index contributed by atoms with van der Waals surface area (Å²) in [5, 5.41) is 29.3. The Morgan fingerprint density at radius 2 is 1.48 bits per heavy atom. The van der Waals surface area contributed by atoms with Crippen molar-refractivity contribution in [2.24, 2.45) is 15.9 Å². The van der Waals surface area contributed by atoms with Crippen LogP contribution in [0.4, 0.5) is 32.0 Å². The lowest BCUT2D eigenvalue weighted by Crippen LogP contribution is -2.14. The van der Waals surface area contributed by atoms with Crippen LogP contribution in [0, 0.1) is 0 Å². The van der Waals surface area contributed by atoms with E-state index in [2.05, 4.69) is 25.4 Å². The molecule has 0 atom stereocenters. The molecule has 0 aliphatic carbocycles. The van der Waals surface area contributed by atoms with E-state index in [1.165, 1.54) is 24.4 Å². The molecule has 17 heteroatoms. The Hall–Kier alpha value is -5.61. The summed E-state index contributed by atoms with van der Waals surface area (Å²) in [6, 6.07) is 9.25. The van der Waals surface area contributed by atoms with Crippen molar-refractivity contribution in [3.05, 3.63) is 88.7 Å².